The van der Waals surface area contributed by atoms with E-state index in [0.717, 1.165) is 28.9 Å². The normalized spacial score (nSPS) is 16.9. The van der Waals surface area contributed by atoms with Crippen molar-refractivity contribution in [2.24, 2.45) is 0 Å². The number of methoxy groups -OCH3 is 1. The summed E-state index contributed by atoms with van der Waals surface area (Å²) in [6.45, 7) is 4.59. The van der Waals surface area contributed by atoms with Crippen LogP contribution in [-0.4, -0.2) is 34.0 Å². The van der Waals surface area contributed by atoms with E-state index >= 15 is 0 Å². The van der Waals surface area contributed by atoms with Gasteiger partial charge < -0.3 is 14.2 Å². The monoisotopic (exact) mass is 419 g/mol. The summed E-state index contributed by atoms with van der Waals surface area (Å²) < 4.78 is 21.0. The number of likely N-dealkylation sites (tertiary alicyclic amines) is 1. The van der Waals surface area contributed by atoms with E-state index in [-0.39, 0.29) is 17.8 Å². The number of rotatable bonds is 5. The molecule has 0 unspecified atom stereocenters. The van der Waals surface area contributed by atoms with Crippen molar-refractivity contribution in [3.8, 4) is 5.69 Å². The molecule has 160 valence electrons. The predicted octanol–water partition coefficient (Wildman–Crippen LogP) is 5.06. The minimum Gasteiger partial charge on any atom is -0.496 e. The van der Waals surface area contributed by atoms with Gasteiger partial charge in [-0.1, -0.05) is 12.1 Å². The van der Waals surface area contributed by atoms with Crippen LogP contribution < -0.4 is 0 Å². The Balaban J connectivity index is 1.62. The lowest BCUT2D eigenvalue weighted by Gasteiger charge is -2.34. The fourth-order valence-corrected chi connectivity index (χ4v) is 4.07. The average molecular weight is 420 g/mol. The molecule has 6 heteroatoms. The predicted molar refractivity (Wildman–Crippen MR) is 118 cm³/mol. The molecule has 31 heavy (non-hydrogen) atoms. The zero-order valence-electron chi connectivity index (χ0n) is 18.0. The molecule has 1 aliphatic heterocycles. The van der Waals surface area contributed by atoms with E-state index in [1.54, 1.807) is 25.6 Å². The van der Waals surface area contributed by atoms with Crippen LogP contribution in [0.3, 0.4) is 0 Å². The number of hydrogen-bond acceptors (Lipinski definition) is 3. The van der Waals surface area contributed by atoms with E-state index in [2.05, 4.69) is 4.98 Å². The lowest BCUT2D eigenvalue weighted by molar-refractivity contribution is -0.130. The minimum atomic E-state index is -0.280. The molecule has 2 heterocycles. The number of imidazole rings is 1. The molecule has 1 amide bonds. The number of benzene rings is 2. The van der Waals surface area contributed by atoms with Crippen molar-refractivity contribution < 1.29 is 13.9 Å². The summed E-state index contributed by atoms with van der Waals surface area (Å²) >= 11 is 0. The molecule has 0 spiro atoms. The Morgan fingerprint density at radius 3 is 2.45 bits per heavy atom. The Morgan fingerprint density at radius 2 is 1.84 bits per heavy atom. The van der Waals surface area contributed by atoms with Crippen molar-refractivity contribution in [3.63, 3.8) is 0 Å². The molecule has 1 fully saturated rings. The Labute approximate surface area is 181 Å². The number of aromatic nitrogens is 2. The number of hydrogen-bond donors (Lipinski definition) is 0. The van der Waals surface area contributed by atoms with Gasteiger partial charge in [-0.2, -0.15) is 0 Å². The summed E-state index contributed by atoms with van der Waals surface area (Å²) in [7, 11) is 1.60. The third-order valence-corrected chi connectivity index (χ3v) is 5.78. The number of nitrogens with zero attached hydrogens (tertiary/aromatic N) is 3. The van der Waals surface area contributed by atoms with Gasteiger partial charge >= 0.3 is 0 Å². The molecule has 0 aliphatic carbocycles. The standard InChI is InChI=1S/C25H26FN3O2/c1-17-15-28(16-27-17)22-12-8-20(9-13-22)24(31-3)23-5-4-14-29(25(23)30)18(2)19-6-10-21(26)11-7-19/h6-13,15-16,18H,4-5,14H2,1-3H3/t18-/m0/s1. The highest BCUT2D eigenvalue weighted by Crippen LogP contribution is 2.32. The zero-order chi connectivity index (χ0) is 22.0. The molecular weight excluding hydrogens is 393 g/mol. The van der Waals surface area contributed by atoms with Gasteiger partial charge in [0.1, 0.15) is 11.6 Å². The van der Waals surface area contributed by atoms with Gasteiger partial charge in [-0.25, -0.2) is 9.37 Å². The first-order chi connectivity index (χ1) is 15.0. The first-order valence-electron chi connectivity index (χ1n) is 10.4. The second-order valence-corrected chi connectivity index (χ2v) is 7.81. The zero-order valence-corrected chi connectivity index (χ0v) is 18.0. The molecule has 0 bridgehead atoms. The number of halogens is 1. The van der Waals surface area contributed by atoms with Gasteiger partial charge in [-0.3, -0.25) is 4.79 Å². The third kappa shape index (κ3) is 4.24. The number of amides is 1. The SMILES string of the molecule is COC(=C1CCCN([C@@H](C)c2ccc(F)cc2)C1=O)c1ccc(-n2cnc(C)c2)cc1. The van der Waals surface area contributed by atoms with E-state index in [1.807, 2.05) is 53.8 Å². The van der Waals surface area contributed by atoms with Gasteiger partial charge in [0.15, 0.2) is 0 Å². The van der Waals surface area contributed by atoms with E-state index < -0.39 is 0 Å². The highest BCUT2D eigenvalue weighted by molar-refractivity contribution is 6.00. The van der Waals surface area contributed by atoms with E-state index in [1.165, 1.54) is 12.1 Å². The third-order valence-electron chi connectivity index (χ3n) is 5.78. The maximum atomic E-state index is 13.4. The highest BCUT2D eigenvalue weighted by Gasteiger charge is 2.31. The molecule has 2 aromatic carbocycles. The average Bonchev–Trinajstić information content (AvgIpc) is 3.22. The van der Waals surface area contributed by atoms with Crippen LogP contribution in [0.5, 0.6) is 0 Å². The lowest BCUT2D eigenvalue weighted by atomic mass is 9.96. The fraction of sp³-hybridized carbons (Fsp3) is 0.280. The topological polar surface area (TPSA) is 47.4 Å². The second kappa shape index (κ2) is 8.76. The van der Waals surface area contributed by atoms with Gasteiger partial charge in [0, 0.05) is 24.0 Å². The molecule has 1 aliphatic rings. The molecule has 0 N–H and O–H groups in total. The summed E-state index contributed by atoms with van der Waals surface area (Å²) in [6, 6.07) is 14.1. The Hall–Kier alpha value is -3.41. The quantitative estimate of drug-likeness (QED) is 0.429. The van der Waals surface area contributed by atoms with Crippen LogP contribution in [0.15, 0.2) is 66.6 Å². The van der Waals surface area contributed by atoms with E-state index in [9.17, 15) is 9.18 Å². The summed E-state index contributed by atoms with van der Waals surface area (Å²) in [5, 5.41) is 0. The maximum Gasteiger partial charge on any atom is 0.254 e. The van der Waals surface area contributed by atoms with Crippen molar-refractivity contribution in [2.45, 2.75) is 32.7 Å². The first-order valence-corrected chi connectivity index (χ1v) is 10.4. The number of ether oxygens (including phenoxy) is 1. The van der Waals surface area contributed by atoms with Gasteiger partial charge in [0.2, 0.25) is 0 Å². The molecule has 1 aromatic heterocycles. The number of aryl methyl sites for hydroxylation is 1. The number of carbonyl (C=O) groups is 1. The lowest BCUT2D eigenvalue weighted by Crippen LogP contribution is -2.39. The molecule has 3 aromatic rings. The van der Waals surface area contributed by atoms with E-state index in [4.69, 9.17) is 4.74 Å². The molecule has 4 rings (SSSR count). The Morgan fingerprint density at radius 1 is 1.13 bits per heavy atom. The van der Waals surface area contributed by atoms with Gasteiger partial charge in [-0.05, 0) is 68.7 Å². The Kier molecular flexibility index (Phi) is 5.89. The summed E-state index contributed by atoms with van der Waals surface area (Å²) in [5.41, 5.74) is 4.39. The fourth-order valence-electron chi connectivity index (χ4n) is 4.07. The van der Waals surface area contributed by atoms with Gasteiger partial charge in [0.05, 0.1) is 30.7 Å². The molecule has 0 saturated carbocycles. The van der Waals surface area contributed by atoms with Crippen LogP contribution in [0.25, 0.3) is 11.4 Å². The largest absolute Gasteiger partial charge is 0.496 e. The van der Waals surface area contributed by atoms with E-state index in [0.29, 0.717) is 24.3 Å². The van der Waals surface area contributed by atoms with Crippen LogP contribution in [0.4, 0.5) is 4.39 Å². The summed E-state index contributed by atoms with van der Waals surface area (Å²) in [6.07, 6.45) is 5.26. The minimum absolute atomic E-state index is 0.0331. The van der Waals surface area contributed by atoms with Crippen molar-refractivity contribution in [3.05, 3.63) is 89.3 Å². The molecular formula is C25H26FN3O2. The molecule has 0 radical (unpaired) electrons. The van der Waals surface area contributed by atoms with Crippen LogP contribution in [0, 0.1) is 12.7 Å². The van der Waals surface area contributed by atoms with Crippen molar-refractivity contribution >= 4 is 11.7 Å². The van der Waals surface area contributed by atoms with Crippen LogP contribution in [0.2, 0.25) is 0 Å². The van der Waals surface area contributed by atoms with Crippen LogP contribution in [-0.2, 0) is 9.53 Å². The van der Waals surface area contributed by atoms with Gasteiger partial charge in [0.25, 0.3) is 5.91 Å². The molecule has 1 atom stereocenters. The van der Waals surface area contributed by atoms with Crippen LogP contribution >= 0.6 is 0 Å². The molecule has 5 nitrogen and oxygen atoms in total. The molecule has 1 saturated heterocycles. The maximum absolute atomic E-state index is 13.4. The second-order valence-electron chi connectivity index (χ2n) is 7.81. The summed E-state index contributed by atoms with van der Waals surface area (Å²) in [4.78, 5) is 19.5. The summed E-state index contributed by atoms with van der Waals surface area (Å²) in [5.74, 6) is 0.293. The van der Waals surface area contributed by atoms with Crippen LogP contribution in [0.1, 0.15) is 42.6 Å². The van der Waals surface area contributed by atoms with Crippen molar-refractivity contribution in [1.29, 1.82) is 0 Å². The van der Waals surface area contributed by atoms with Crippen molar-refractivity contribution in [2.75, 3.05) is 13.7 Å². The number of carbonyl (C=O) groups excluding carboxylic acids is 1. The van der Waals surface area contributed by atoms with Gasteiger partial charge in [-0.15, -0.1) is 0 Å². The number of piperidine rings is 1. The smallest absolute Gasteiger partial charge is 0.254 e. The Bertz CT molecular complexity index is 1100. The first kappa shape index (κ1) is 20.8. The van der Waals surface area contributed by atoms with Crippen molar-refractivity contribution in [1.82, 2.24) is 14.5 Å². The highest BCUT2D eigenvalue weighted by atomic mass is 19.1.